The molecule has 1 aliphatic rings. The molecule has 0 radical (unpaired) electrons. The molecular formula is C26H34N6O2. The largest absolute Gasteiger partial charge is 0.493 e. The number of ether oxygens (including phenoxy) is 2. The summed E-state index contributed by atoms with van der Waals surface area (Å²) in [5.74, 6) is 2.57. The van der Waals surface area contributed by atoms with Crippen molar-refractivity contribution in [1.29, 1.82) is 0 Å². The number of anilines is 2. The van der Waals surface area contributed by atoms with Crippen molar-refractivity contribution >= 4 is 28.4 Å². The van der Waals surface area contributed by atoms with Gasteiger partial charge in [0.2, 0.25) is 5.96 Å². The highest BCUT2D eigenvalue weighted by molar-refractivity contribution is 6.08. The van der Waals surface area contributed by atoms with Crippen LogP contribution in [0.1, 0.15) is 30.4 Å². The molecule has 1 aromatic heterocycles. The summed E-state index contributed by atoms with van der Waals surface area (Å²) in [6.07, 6.45) is 5.05. The first-order chi connectivity index (χ1) is 16.5. The molecule has 8 heteroatoms. The number of likely N-dealkylation sites (tertiary alicyclic amines) is 1. The first kappa shape index (κ1) is 23.8. The van der Waals surface area contributed by atoms with Crippen molar-refractivity contribution in [2.75, 3.05) is 45.0 Å². The van der Waals surface area contributed by atoms with Gasteiger partial charge in [0.1, 0.15) is 12.1 Å². The number of rotatable bonds is 7. The van der Waals surface area contributed by atoms with E-state index in [0.717, 1.165) is 40.7 Å². The van der Waals surface area contributed by atoms with Crippen LogP contribution in [-0.2, 0) is 0 Å². The summed E-state index contributed by atoms with van der Waals surface area (Å²) in [6.45, 7) is 6.07. The van der Waals surface area contributed by atoms with Crippen LogP contribution in [0.15, 0.2) is 41.7 Å². The number of hydrogen-bond acceptors (Lipinski definition) is 6. The maximum atomic E-state index is 5.50. The van der Waals surface area contributed by atoms with Gasteiger partial charge in [-0.3, -0.25) is 4.99 Å². The predicted molar refractivity (Wildman–Crippen MR) is 138 cm³/mol. The first-order valence-electron chi connectivity index (χ1n) is 11.7. The minimum absolute atomic E-state index is 0.585. The number of hydrogen-bond donors (Lipinski definition) is 2. The summed E-state index contributed by atoms with van der Waals surface area (Å²) in [6, 6.07) is 10.6. The van der Waals surface area contributed by atoms with Crippen molar-refractivity contribution in [3.63, 3.8) is 0 Å². The Bertz CT molecular complexity index is 1160. The lowest BCUT2D eigenvalue weighted by Gasteiger charge is -2.19. The Balaban J connectivity index is 1.65. The molecule has 0 spiro atoms. The van der Waals surface area contributed by atoms with Gasteiger partial charge in [-0.2, -0.15) is 0 Å². The first-order valence-corrected chi connectivity index (χ1v) is 11.7. The topological polar surface area (TPSA) is 83.9 Å². The Labute approximate surface area is 201 Å². The van der Waals surface area contributed by atoms with Crippen LogP contribution in [0.4, 0.5) is 11.5 Å². The molecule has 8 nitrogen and oxygen atoms in total. The number of aliphatic imine (C=N–C) groups is 1. The van der Waals surface area contributed by atoms with Crippen molar-refractivity contribution in [3.8, 4) is 11.5 Å². The zero-order valence-corrected chi connectivity index (χ0v) is 20.7. The maximum Gasteiger partial charge on any atom is 0.201 e. The van der Waals surface area contributed by atoms with Crippen LogP contribution in [-0.4, -0.2) is 61.2 Å². The van der Waals surface area contributed by atoms with Crippen LogP contribution in [0.25, 0.3) is 10.9 Å². The average molecular weight is 463 g/mol. The number of aryl methyl sites for hydroxylation is 2. The van der Waals surface area contributed by atoms with E-state index in [1.165, 1.54) is 19.4 Å². The Morgan fingerprint density at radius 2 is 1.82 bits per heavy atom. The standard InChI is InChI=1S/C26H34N6O2/c1-17-8-6-9-18(2)24(17)30-26(27-12-11-19-10-7-13-32(19)3)31-25-20-14-22(33-4)23(34-5)15-21(20)28-16-29-25/h6,8-9,14-16,19H,7,10-13H2,1-5H3,(H2,27,28,29,30,31). The highest BCUT2D eigenvalue weighted by atomic mass is 16.5. The Morgan fingerprint density at radius 1 is 1.09 bits per heavy atom. The van der Waals surface area contributed by atoms with Gasteiger partial charge in [-0.15, -0.1) is 0 Å². The van der Waals surface area contributed by atoms with Crippen LogP contribution in [0.5, 0.6) is 11.5 Å². The van der Waals surface area contributed by atoms with Gasteiger partial charge in [0.05, 0.1) is 19.7 Å². The smallest absolute Gasteiger partial charge is 0.201 e. The Hall–Kier alpha value is -3.39. The number of fused-ring (bicyclic) bond motifs is 1. The van der Waals surface area contributed by atoms with Crippen molar-refractivity contribution in [2.24, 2.45) is 4.99 Å². The molecule has 3 aromatic rings. The van der Waals surface area contributed by atoms with E-state index in [4.69, 9.17) is 14.5 Å². The van der Waals surface area contributed by atoms with Gasteiger partial charge in [-0.05, 0) is 63.9 Å². The van der Waals surface area contributed by atoms with Crippen LogP contribution in [0.3, 0.4) is 0 Å². The van der Waals surface area contributed by atoms with Crippen molar-refractivity contribution in [1.82, 2.24) is 14.9 Å². The zero-order valence-electron chi connectivity index (χ0n) is 20.7. The van der Waals surface area contributed by atoms with E-state index in [9.17, 15) is 0 Å². The third kappa shape index (κ3) is 5.22. The summed E-state index contributed by atoms with van der Waals surface area (Å²) in [7, 11) is 5.44. The van der Waals surface area contributed by atoms with Gasteiger partial charge in [0.25, 0.3) is 0 Å². The van der Waals surface area contributed by atoms with Gasteiger partial charge in [-0.1, -0.05) is 18.2 Å². The van der Waals surface area contributed by atoms with Crippen molar-refractivity contribution in [2.45, 2.75) is 39.2 Å². The normalized spacial score (nSPS) is 16.6. The maximum absolute atomic E-state index is 5.50. The lowest BCUT2D eigenvalue weighted by molar-refractivity contribution is 0.299. The van der Waals surface area contributed by atoms with Crippen molar-refractivity contribution < 1.29 is 9.47 Å². The van der Waals surface area contributed by atoms with Crippen LogP contribution in [0, 0.1) is 13.8 Å². The minimum atomic E-state index is 0.585. The van der Waals surface area contributed by atoms with E-state index in [2.05, 4.69) is 64.6 Å². The molecule has 2 N–H and O–H groups in total. The van der Waals surface area contributed by atoms with Gasteiger partial charge in [0, 0.05) is 29.7 Å². The molecule has 0 aliphatic carbocycles. The molecule has 0 bridgehead atoms. The zero-order chi connectivity index (χ0) is 24.1. The van der Waals surface area contributed by atoms with Gasteiger partial charge in [-0.25, -0.2) is 9.97 Å². The third-order valence-electron chi connectivity index (χ3n) is 6.51. The SMILES string of the molecule is COc1cc2ncnc(NC(=NCCC3CCCN3C)Nc3c(C)cccc3C)c2cc1OC. The molecule has 34 heavy (non-hydrogen) atoms. The van der Waals surface area contributed by atoms with Crippen LogP contribution < -0.4 is 20.1 Å². The van der Waals surface area contributed by atoms with Crippen molar-refractivity contribution in [3.05, 3.63) is 47.8 Å². The highest BCUT2D eigenvalue weighted by Crippen LogP contribution is 2.33. The summed E-state index contributed by atoms with van der Waals surface area (Å²) >= 11 is 0. The van der Waals surface area contributed by atoms with Gasteiger partial charge >= 0.3 is 0 Å². The van der Waals surface area contributed by atoms with Crippen LogP contribution >= 0.6 is 0 Å². The Kier molecular flexibility index (Phi) is 7.47. The van der Waals surface area contributed by atoms with Gasteiger partial charge in [0.15, 0.2) is 11.5 Å². The van der Waals surface area contributed by atoms with E-state index >= 15 is 0 Å². The lowest BCUT2D eigenvalue weighted by Crippen LogP contribution is -2.27. The minimum Gasteiger partial charge on any atom is -0.493 e. The number of guanidine groups is 1. The molecule has 0 saturated carbocycles. The molecule has 180 valence electrons. The average Bonchev–Trinajstić information content (AvgIpc) is 3.25. The summed E-state index contributed by atoms with van der Waals surface area (Å²) in [4.78, 5) is 16.3. The number of benzene rings is 2. The molecule has 1 saturated heterocycles. The van der Waals surface area contributed by atoms with E-state index in [1.54, 1.807) is 20.5 Å². The van der Waals surface area contributed by atoms with Gasteiger partial charge < -0.3 is 25.0 Å². The summed E-state index contributed by atoms with van der Waals surface area (Å²) < 4.78 is 10.9. The molecule has 1 aliphatic heterocycles. The number of methoxy groups -OCH3 is 2. The number of aromatic nitrogens is 2. The second-order valence-corrected chi connectivity index (χ2v) is 8.76. The second kappa shape index (κ2) is 10.7. The molecule has 0 amide bonds. The second-order valence-electron chi connectivity index (χ2n) is 8.76. The lowest BCUT2D eigenvalue weighted by atomic mass is 10.1. The predicted octanol–water partition coefficient (Wildman–Crippen LogP) is 4.63. The molecule has 1 unspecified atom stereocenters. The number of nitrogens with zero attached hydrogens (tertiary/aromatic N) is 4. The molecule has 1 atom stereocenters. The fourth-order valence-corrected chi connectivity index (χ4v) is 4.50. The summed E-state index contributed by atoms with van der Waals surface area (Å²) in [5.41, 5.74) is 4.12. The van der Waals surface area contributed by atoms with E-state index in [-0.39, 0.29) is 0 Å². The fraction of sp³-hybridized carbons (Fsp3) is 0.423. The molecule has 1 fully saturated rings. The van der Waals surface area contributed by atoms with E-state index < -0.39 is 0 Å². The monoisotopic (exact) mass is 462 g/mol. The fourth-order valence-electron chi connectivity index (χ4n) is 4.50. The molecule has 2 heterocycles. The number of para-hydroxylation sites is 1. The summed E-state index contributed by atoms with van der Waals surface area (Å²) in [5, 5.41) is 7.78. The third-order valence-corrected chi connectivity index (χ3v) is 6.51. The van der Waals surface area contributed by atoms with E-state index in [0.29, 0.717) is 29.3 Å². The molecule has 2 aromatic carbocycles. The quantitative estimate of drug-likeness (QED) is 0.391. The highest BCUT2D eigenvalue weighted by Gasteiger charge is 2.20. The van der Waals surface area contributed by atoms with E-state index in [1.807, 2.05) is 12.1 Å². The molecular weight excluding hydrogens is 428 g/mol. The number of nitrogens with one attached hydrogen (secondary N) is 2. The van der Waals surface area contributed by atoms with Crippen LogP contribution in [0.2, 0.25) is 0 Å². The molecule has 4 rings (SSSR count). The Morgan fingerprint density at radius 3 is 2.50 bits per heavy atom.